The maximum Gasteiger partial charge on any atom is 0.342 e. The van der Waals surface area contributed by atoms with E-state index in [0.29, 0.717) is 0 Å². The van der Waals surface area contributed by atoms with Gasteiger partial charge < -0.3 is 15.2 Å². The maximum atomic E-state index is 11.8. The Balaban J connectivity index is 2.67. The van der Waals surface area contributed by atoms with Crippen LogP contribution < -0.4 is 5.32 Å². The largest absolute Gasteiger partial charge is 0.507 e. The summed E-state index contributed by atoms with van der Waals surface area (Å²) >= 11 is 0. The van der Waals surface area contributed by atoms with E-state index >= 15 is 0 Å². The van der Waals surface area contributed by atoms with Gasteiger partial charge in [0.2, 0.25) is 0 Å². The van der Waals surface area contributed by atoms with Gasteiger partial charge in [0.15, 0.2) is 6.10 Å². The molecule has 0 fully saturated rings. The highest BCUT2D eigenvalue weighted by Gasteiger charge is 2.23. The standard InChI is InChI=1S/C14H19NO4/c1-9(12(17)15-14(2,3)4)19-13(18)10-7-5-6-8-11(10)16/h5-9,16H,1-4H3,(H,15,17)/t9-/m0/s1. The zero-order chi connectivity index (χ0) is 14.6. The summed E-state index contributed by atoms with van der Waals surface area (Å²) < 4.78 is 5.01. The smallest absolute Gasteiger partial charge is 0.342 e. The molecular formula is C14H19NO4. The molecule has 0 aliphatic carbocycles. The number of para-hydroxylation sites is 1. The molecule has 1 aromatic rings. The highest BCUT2D eigenvalue weighted by molar-refractivity contribution is 5.94. The third kappa shape index (κ3) is 4.62. The van der Waals surface area contributed by atoms with Gasteiger partial charge in [0.1, 0.15) is 11.3 Å². The minimum atomic E-state index is -0.925. The Hall–Kier alpha value is -2.04. The summed E-state index contributed by atoms with van der Waals surface area (Å²) in [6.07, 6.45) is -0.925. The molecule has 1 amide bonds. The zero-order valence-corrected chi connectivity index (χ0v) is 11.6. The van der Waals surface area contributed by atoms with Crippen molar-refractivity contribution in [3.63, 3.8) is 0 Å². The van der Waals surface area contributed by atoms with Crippen LogP contribution in [0.15, 0.2) is 24.3 Å². The Kier molecular flexibility index (Phi) is 4.53. The van der Waals surface area contributed by atoms with E-state index in [9.17, 15) is 14.7 Å². The molecule has 2 N–H and O–H groups in total. The lowest BCUT2D eigenvalue weighted by Gasteiger charge is -2.23. The minimum Gasteiger partial charge on any atom is -0.507 e. The van der Waals surface area contributed by atoms with E-state index in [4.69, 9.17) is 4.74 Å². The molecule has 0 heterocycles. The van der Waals surface area contributed by atoms with Crippen molar-refractivity contribution >= 4 is 11.9 Å². The van der Waals surface area contributed by atoms with Gasteiger partial charge in [-0.1, -0.05) is 12.1 Å². The van der Waals surface area contributed by atoms with Crippen molar-refractivity contribution in [3.8, 4) is 5.75 Å². The summed E-state index contributed by atoms with van der Waals surface area (Å²) in [7, 11) is 0. The summed E-state index contributed by atoms with van der Waals surface area (Å²) in [5, 5.41) is 12.2. The fraction of sp³-hybridized carbons (Fsp3) is 0.429. The molecule has 104 valence electrons. The molecule has 0 aromatic heterocycles. The van der Waals surface area contributed by atoms with Crippen molar-refractivity contribution in [2.75, 3.05) is 0 Å². The first kappa shape index (κ1) is 15.0. The SMILES string of the molecule is C[C@H](OC(=O)c1ccccc1O)C(=O)NC(C)(C)C. The van der Waals surface area contributed by atoms with E-state index in [2.05, 4.69) is 5.32 Å². The van der Waals surface area contributed by atoms with Crippen molar-refractivity contribution in [1.82, 2.24) is 5.32 Å². The number of esters is 1. The lowest BCUT2D eigenvalue weighted by molar-refractivity contribution is -0.130. The Morgan fingerprint density at radius 3 is 2.37 bits per heavy atom. The molecule has 19 heavy (non-hydrogen) atoms. The number of benzene rings is 1. The predicted octanol–water partition coefficient (Wildman–Crippen LogP) is 1.85. The molecule has 0 aliphatic heterocycles. The van der Waals surface area contributed by atoms with Gasteiger partial charge in [-0.2, -0.15) is 0 Å². The molecule has 1 aromatic carbocycles. The average molecular weight is 265 g/mol. The molecule has 0 saturated carbocycles. The third-order valence-electron chi connectivity index (χ3n) is 2.28. The van der Waals surface area contributed by atoms with E-state index in [-0.39, 0.29) is 17.2 Å². The maximum absolute atomic E-state index is 11.8. The monoisotopic (exact) mass is 265 g/mol. The second-order valence-electron chi connectivity index (χ2n) is 5.30. The first-order valence-electron chi connectivity index (χ1n) is 6.02. The average Bonchev–Trinajstić information content (AvgIpc) is 2.27. The number of hydrogen-bond donors (Lipinski definition) is 2. The van der Waals surface area contributed by atoms with E-state index in [1.807, 2.05) is 20.8 Å². The molecular weight excluding hydrogens is 246 g/mol. The van der Waals surface area contributed by atoms with Gasteiger partial charge in [0, 0.05) is 5.54 Å². The fourth-order valence-corrected chi connectivity index (χ4v) is 1.40. The second kappa shape index (κ2) is 5.73. The predicted molar refractivity (Wildman–Crippen MR) is 70.9 cm³/mol. The number of nitrogens with one attached hydrogen (secondary N) is 1. The molecule has 0 spiro atoms. The lowest BCUT2D eigenvalue weighted by atomic mass is 10.1. The van der Waals surface area contributed by atoms with Crippen LogP contribution in [0.1, 0.15) is 38.1 Å². The number of carbonyl (C=O) groups is 2. The minimum absolute atomic E-state index is 0.0397. The van der Waals surface area contributed by atoms with Crippen LogP contribution in [0.4, 0.5) is 0 Å². The number of rotatable bonds is 3. The molecule has 0 bridgehead atoms. The van der Waals surface area contributed by atoms with E-state index in [0.717, 1.165) is 0 Å². The number of aromatic hydroxyl groups is 1. The van der Waals surface area contributed by atoms with Crippen molar-refractivity contribution in [2.24, 2.45) is 0 Å². The van der Waals surface area contributed by atoms with E-state index < -0.39 is 17.6 Å². The lowest BCUT2D eigenvalue weighted by Crippen LogP contribution is -2.46. The number of phenolic OH excluding ortho intramolecular Hbond substituents is 1. The van der Waals surface area contributed by atoms with E-state index in [1.54, 1.807) is 12.1 Å². The number of carbonyl (C=O) groups excluding carboxylic acids is 2. The Bertz CT molecular complexity index is 477. The van der Waals surface area contributed by atoms with Gasteiger partial charge >= 0.3 is 5.97 Å². The Morgan fingerprint density at radius 2 is 1.84 bits per heavy atom. The molecule has 1 atom stereocenters. The van der Waals surface area contributed by atoms with Crippen LogP contribution in [0.2, 0.25) is 0 Å². The molecule has 0 saturated heterocycles. The van der Waals surface area contributed by atoms with Crippen LogP contribution in [0.3, 0.4) is 0 Å². The quantitative estimate of drug-likeness (QED) is 0.818. The van der Waals surface area contributed by atoms with Crippen molar-refractivity contribution < 1.29 is 19.4 Å². The van der Waals surface area contributed by atoms with Gasteiger partial charge in [-0.15, -0.1) is 0 Å². The molecule has 0 radical (unpaired) electrons. The van der Waals surface area contributed by atoms with Crippen molar-refractivity contribution in [2.45, 2.75) is 39.3 Å². The molecule has 5 heteroatoms. The third-order valence-corrected chi connectivity index (χ3v) is 2.28. The van der Waals surface area contributed by atoms with Gasteiger partial charge in [0.25, 0.3) is 5.91 Å². The topological polar surface area (TPSA) is 75.6 Å². The second-order valence-corrected chi connectivity index (χ2v) is 5.30. The number of amides is 1. The van der Waals surface area contributed by atoms with Crippen LogP contribution in [0.25, 0.3) is 0 Å². The molecule has 1 rings (SSSR count). The number of phenols is 1. The summed E-state index contributed by atoms with van der Waals surface area (Å²) in [4.78, 5) is 23.5. The summed E-state index contributed by atoms with van der Waals surface area (Å²) in [6, 6.07) is 6.03. The van der Waals surface area contributed by atoms with Gasteiger partial charge in [-0.05, 0) is 39.8 Å². The van der Waals surface area contributed by atoms with Crippen LogP contribution >= 0.6 is 0 Å². The Labute approximate surface area is 112 Å². The first-order chi connectivity index (χ1) is 8.70. The highest BCUT2D eigenvalue weighted by atomic mass is 16.5. The highest BCUT2D eigenvalue weighted by Crippen LogP contribution is 2.17. The summed E-state index contributed by atoms with van der Waals surface area (Å²) in [5.74, 6) is -1.28. The molecule has 5 nitrogen and oxygen atoms in total. The summed E-state index contributed by atoms with van der Waals surface area (Å²) in [6.45, 7) is 6.99. The van der Waals surface area contributed by atoms with Crippen LogP contribution in [-0.2, 0) is 9.53 Å². The first-order valence-corrected chi connectivity index (χ1v) is 6.02. The molecule has 0 unspecified atom stereocenters. The molecule has 0 aliphatic rings. The van der Waals surface area contributed by atoms with E-state index in [1.165, 1.54) is 19.1 Å². The normalized spacial score (nSPS) is 12.6. The van der Waals surface area contributed by atoms with Crippen LogP contribution in [0, 0.1) is 0 Å². The zero-order valence-electron chi connectivity index (χ0n) is 11.6. The van der Waals surface area contributed by atoms with Crippen LogP contribution in [0.5, 0.6) is 5.75 Å². The Morgan fingerprint density at radius 1 is 1.26 bits per heavy atom. The van der Waals surface area contributed by atoms with Gasteiger partial charge in [0.05, 0.1) is 0 Å². The summed E-state index contributed by atoms with van der Waals surface area (Å²) in [5.41, 5.74) is -0.356. The number of ether oxygens (including phenoxy) is 1. The van der Waals surface area contributed by atoms with Crippen LogP contribution in [-0.4, -0.2) is 28.6 Å². The van der Waals surface area contributed by atoms with Gasteiger partial charge in [-0.3, -0.25) is 4.79 Å². The number of hydrogen-bond acceptors (Lipinski definition) is 4. The van der Waals surface area contributed by atoms with Gasteiger partial charge in [-0.25, -0.2) is 4.79 Å². The van der Waals surface area contributed by atoms with Crippen molar-refractivity contribution in [3.05, 3.63) is 29.8 Å². The fourth-order valence-electron chi connectivity index (χ4n) is 1.40. The van der Waals surface area contributed by atoms with Crippen molar-refractivity contribution in [1.29, 1.82) is 0 Å².